The van der Waals surface area contributed by atoms with Gasteiger partial charge in [0.1, 0.15) is 0 Å². The summed E-state index contributed by atoms with van der Waals surface area (Å²) < 4.78 is 6.13. The molecule has 0 unspecified atom stereocenters. The topological polar surface area (TPSA) is 72.8 Å². The first-order valence-electron chi connectivity index (χ1n) is 5.46. The minimum absolute atomic E-state index is 0.0563. The van der Waals surface area contributed by atoms with Crippen molar-refractivity contribution in [1.29, 1.82) is 0 Å². The standard InChI is InChI=1S/C12H8N4O2S/c17-16(18)10-6-4-9(5-7-10)13-12-15-8-2-1-3-11(15)14-19-12/h1-8H. The fraction of sp³-hybridized carbons (Fsp3) is 0. The number of benzene rings is 1. The van der Waals surface area contributed by atoms with Gasteiger partial charge >= 0.3 is 0 Å². The van der Waals surface area contributed by atoms with E-state index in [-0.39, 0.29) is 5.69 Å². The number of aromatic nitrogens is 2. The van der Waals surface area contributed by atoms with Gasteiger partial charge in [0, 0.05) is 29.9 Å². The van der Waals surface area contributed by atoms with E-state index in [1.165, 1.54) is 23.7 Å². The van der Waals surface area contributed by atoms with Crippen molar-refractivity contribution in [2.24, 2.45) is 4.99 Å². The molecule has 0 spiro atoms. The van der Waals surface area contributed by atoms with Crippen LogP contribution in [-0.2, 0) is 0 Å². The molecular formula is C12H8N4O2S. The van der Waals surface area contributed by atoms with Gasteiger partial charge in [-0.1, -0.05) is 6.07 Å². The lowest BCUT2D eigenvalue weighted by Gasteiger charge is -1.93. The highest BCUT2D eigenvalue weighted by atomic mass is 32.1. The van der Waals surface area contributed by atoms with E-state index in [1.807, 2.05) is 28.8 Å². The van der Waals surface area contributed by atoms with Crippen LogP contribution in [-0.4, -0.2) is 13.7 Å². The zero-order chi connectivity index (χ0) is 13.2. The van der Waals surface area contributed by atoms with Gasteiger partial charge in [-0.2, -0.15) is 4.37 Å². The molecule has 0 fully saturated rings. The van der Waals surface area contributed by atoms with Gasteiger partial charge < -0.3 is 0 Å². The van der Waals surface area contributed by atoms with E-state index in [1.54, 1.807) is 12.1 Å². The predicted molar refractivity (Wildman–Crippen MR) is 71.4 cm³/mol. The number of nitro benzene ring substituents is 1. The van der Waals surface area contributed by atoms with E-state index in [4.69, 9.17) is 0 Å². The van der Waals surface area contributed by atoms with Crippen molar-refractivity contribution >= 4 is 28.6 Å². The van der Waals surface area contributed by atoms with Crippen LogP contribution in [0.15, 0.2) is 53.7 Å². The summed E-state index contributed by atoms with van der Waals surface area (Å²) in [6, 6.07) is 11.8. The number of hydrogen-bond donors (Lipinski definition) is 0. The van der Waals surface area contributed by atoms with Gasteiger partial charge in [-0.05, 0) is 24.3 Å². The molecule has 2 aromatic heterocycles. The van der Waals surface area contributed by atoms with Gasteiger partial charge in [0.25, 0.3) is 5.69 Å². The first kappa shape index (κ1) is 11.5. The molecule has 94 valence electrons. The molecule has 2 heterocycles. The third kappa shape index (κ3) is 2.23. The molecule has 0 N–H and O–H groups in total. The van der Waals surface area contributed by atoms with Crippen LogP contribution in [0.5, 0.6) is 0 Å². The Bertz CT molecular complexity index is 804. The number of hydrogen-bond acceptors (Lipinski definition) is 5. The normalized spacial score (nSPS) is 11.9. The molecule has 0 aliphatic heterocycles. The molecular weight excluding hydrogens is 264 g/mol. The Balaban J connectivity index is 2.08. The summed E-state index contributed by atoms with van der Waals surface area (Å²) in [6.07, 6.45) is 1.88. The lowest BCUT2D eigenvalue weighted by atomic mass is 10.3. The van der Waals surface area contributed by atoms with Crippen LogP contribution >= 0.6 is 11.5 Å². The Hall–Kier alpha value is -2.54. The van der Waals surface area contributed by atoms with Gasteiger partial charge in [0.05, 0.1) is 10.6 Å². The molecule has 3 aromatic rings. The van der Waals surface area contributed by atoms with Gasteiger partial charge in [0.15, 0.2) is 5.65 Å². The first-order chi connectivity index (χ1) is 9.24. The van der Waals surface area contributed by atoms with Crippen LogP contribution in [0.1, 0.15) is 0 Å². The van der Waals surface area contributed by atoms with E-state index < -0.39 is 4.92 Å². The molecule has 0 radical (unpaired) electrons. The fourth-order valence-corrected chi connectivity index (χ4v) is 2.35. The molecule has 0 amide bonds. The van der Waals surface area contributed by atoms with Gasteiger partial charge in [0.2, 0.25) is 4.80 Å². The Labute approximate surface area is 111 Å². The third-order valence-corrected chi connectivity index (χ3v) is 3.28. The van der Waals surface area contributed by atoms with Gasteiger partial charge in [-0.15, -0.1) is 0 Å². The summed E-state index contributed by atoms with van der Waals surface area (Å²) in [4.78, 5) is 15.3. The number of nitro groups is 1. The highest BCUT2D eigenvalue weighted by Crippen LogP contribution is 2.17. The Morgan fingerprint density at radius 3 is 2.74 bits per heavy atom. The minimum atomic E-state index is -0.430. The maximum atomic E-state index is 10.6. The monoisotopic (exact) mass is 272 g/mol. The van der Waals surface area contributed by atoms with Crippen molar-refractivity contribution in [2.75, 3.05) is 0 Å². The summed E-state index contributed by atoms with van der Waals surface area (Å²) in [7, 11) is 0. The lowest BCUT2D eigenvalue weighted by molar-refractivity contribution is -0.384. The highest BCUT2D eigenvalue weighted by molar-refractivity contribution is 7.03. The highest BCUT2D eigenvalue weighted by Gasteiger charge is 2.03. The van der Waals surface area contributed by atoms with Crippen molar-refractivity contribution in [3.8, 4) is 0 Å². The summed E-state index contributed by atoms with van der Waals surface area (Å²) in [5, 5.41) is 10.6. The molecule has 0 saturated heterocycles. The number of non-ortho nitro benzene ring substituents is 1. The van der Waals surface area contributed by atoms with Crippen molar-refractivity contribution in [3.63, 3.8) is 0 Å². The maximum absolute atomic E-state index is 10.6. The first-order valence-corrected chi connectivity index (χ1v) is 6.24. The number of pyridine rings is 1. The SMILES string of the molecule is O=[N+]([O-])c1ccc(N=c2snc3ccccn23)cc1. The van der Waals surface area contributed by atoms with Crippen LogP contribution < -0.4 is 4.80 Å². The third-order valence-electron chi connectivity index (χ3n) is 2.55. The quantitative estimate of drug-likeness (QED) is 0.531. The summed E-state index contributed by atoms with van der Waals surface area (Å²) in [6.45, 7) is 0. The molecule has 19 heavy (non-hydrogen) atoms. The van der Waals surface area contributed by atoms with Crippen LogP contribution in [0.25, 0.3) is 5.65 Å². The van der Waals surface area contributed by atoms with E-state index in [9.17, 15) is 10.1 Å². The largest absolute Gasteiger partial charge is 0.275 e. The Kier molecular flexibility index (Phi) is 2.81. The minimum Gasteiger partial charge on any atom is -0.275 e. The number of rotatable bonds is 2. The van der Waals surface area contributed by atoms with E-state index in [0.29, 0.717) is 5.69 Å². The van der Waals surface area contributed by atoms with Crippen molar-refractivity contribution in [2.45, 2.75) is 0 Å². The van der Waals surface area contributed by atoms with Gasteiger partial charge in [-0.25, -0.2) is 4.99 Å². The summed E-state index contributed by atoms with van der Waals surface area (Å²) >= 11 is 1.28. The van der Waals surface area contributed by atoms with E-state index in [2.05, 4.69) is 9.37 Å². The second-order valence-electron chi connectivity index (χ2n) is 3.78. The molecule has 0 atom stereocenters. The molecule has 0 aliphatic rings. The number of nitrogens with zero attached hydrogens (tertiary/aromatic N) is 4. The second kappa shape index (κ2) is 4.62. The lowest BCUT2D eigenvalue weighted by Crippen LogP contribution is -2.04. The average Bonchev–Trinajstić information content (AvgIpc) is 2.83. The zero-order valence-electron chi connectivity index (χ0n) is 9.63. The second-order valence-corrected chi connectivity index (χ2v) is 4.51. The van der Waals surface area contributed by atoms with Crippen LogP contribution in [0.3, 0.4) is 0 Å². The van der Waals surface area contributed by atoms with E-state index >= 15 is 0 Å². The molecule has 0 saturated carbocycles. The van der Waals surface area contributed by atoms with Gasteiger partial charge in [-0.3, -0.25) is 14.5 Å². The van der Waals surface area contributed by atoms with Crippen molar-refractivity contribution < 1.29 is 4.92 Å². The molecule has 7 heteroatoms. The fourth-order valence-electron chi connectivity index (χ4n) is 1.64. The Morgan fingerprint density at radius 1 is 1.21 bits per heavy atom. The average molecular weight is 272 g/mol. The van der Waals surface area contributed by atoms with Crippen molar-refractivity contribution in [1.82, 2.24) is 8.77 Å². The van der Waals surface area contributed by atoms with E-state index in [0.717, 1.165) is 10.4 Å². The maximum Gasteiger partial charge on any atom is 0.269 e. The summed E-state index contributed by atoms with van der Waals surface area (Å²) in [5.41, 5.74) is 1.54. The molecule has 0 aliphatic carbocycles. The number of fused-ring (bicyclic) bond motifs is 1. The van der Waals surface area contributed by atoms with Crippen LogP contribution in [0.2, 0.25) is 0 Å². The van der Waals surface area contributed by atoms with Crippen LogP contribution in [0.4, 0.5) is 11.4 Å². The van der Waals surface area contributed by atoms with Crippen LogP contribution in [0, 0.1) is 10.1 Å². The smallest absolute Gasteiger partial charge is 0.269 e. The van der Waals surface area contributed by atoms with Crippen molar-refractivity contribution in [3.05, 3.63) is 63.6 Å². The summed E-state index contributed by atoms with van der Waals surface area (Å²) in [5.74, 6) is 0. The molecule has 6 nitrogen and oxygen atoms in total. The molecule has 0 bridgehead atoms. The Morgan fingerprint density at radius 2 is 2.00 bits per heavy atom. The predicted octanol–water partition coefficient (Wildman–Crippen LogP) is 2.54. The molecule has 3 rings (SSSR count). The molecule has 1 aromatic carbocycles. The zero-order valence-corrected chi connectivity index (χ0v) is 10.4.